The summed E-state index contributed by atoms with van der Waals surface area (Å²) in [6.07, 6.45) is 1.64. The molecule has 3 rings (SSSR count). The van der Waals surface area contributed by atoms with Crippen LogP contribution in [0.25, 0.3) is 0 Å². The van der Waals surface area contributed by atoms with E-state index >= 15 is 0 Å². The Morgan fingerprint density at radius 3 is 2.17 bits per heavy atom. The molecule has 2 aromatic carbocycles. The molecule has 0 aliphatic carbocycles. The predicted octanol–water partition coefficient (Wildman–Crippen LogP) is 2.58. The lowest BCUT2D eigenvalue weighted by Crippen LogP contribution is -2.54. The Labute approximate surface area is 173 Å². The van der Waals surface area contributed by atoms with Gasteiger partial charge >= 0.3 is 0 Å². The maximum atomic E-state index is 13.3. The van der Waals surface area contributed by atoms with E-state index in [0.717, 1.165) is 17.5 Å². The molecule has 0 radical (unpaired) electrons. The highest BCUT2D eigenvalue weighted by Crippen LogP contribution is 2.36. The summed E-state index contributed by atoms with van der Waals surface area (Å²) >= 11 is 0. The van der Waals surface area contributed by atoms with E-state index in [-0.39, 0.29) is 5.91 Å². The number of benzene rings is 2. The van der Waals surface area contributed by atoms with Crippen LogP contribution in [0.15, 0.2) is 60.7 Å². The zero-order valence-corrected chi connectivity index (χ0v) is 17.6. The number of rotatable bonds is 8. The lowest BCUT2D eigenvalue weighted by Gasteiger charge is -2.40. The van der Waals surface area contributed by atoms with E-state index in [1.807, 2.05) is 67.6 Å². The molecule has 1 aliphatic rings. The lowest BCUT2D eigenvalue weighted by atomic mass is 9.72. The molecule has 2 aromatic rings. The van der Waals surface area contributed by atoms with Gasteiger partial charge in [-0.25, -0.2) is 4.72 Å². The Hall–Kier alpha value is -2.22. The monoisotopic (exact) mass is 415 g/mol. The van der Waals surface area contributed by atoms with Gasteiger partial charge in [-0.1, -0.05) is 67.6 Å². The van der Waals surface area contributed by atoms with Crippen LogP contribution in [0.4, 0.5) is 0 Å². The lowest BCUT2D eigenvalue weighted by molar-refractivity contribution is -0.128. The fraction of sp³-hybridized carbons (Fsp3) is 0.409. The number of carbonyl (C=O) groups excluding carboxylic acids is 1. The van der Waals surface area contributed by atoms with Gasteiger partial charge in [0.15, 0.2) is 0 Å². The van der Waals surface area contributed by atoms with Crippen LogP contribution < -0.4 is 10.0 Å². The minimum Gasteiger partial charge on any atom is -0.351 e. The first-order valence-electron chi connectivity index (χ1n) is 10.1. The van der Waals surface area contributed by atoms with E-state index in [9.17, 15) is 13.2 Å². The Morgan fingerprint density at radius 1 is 1.00 bits per heavy atom. The third kappa shape index (κ3) is 5.04. The third-order valence-corrected chi connectivity index (χ3v) is 7.12. The van der Waals surface area contributed by atoms with Gasteiger partial charge in [0.2, 0.25) is 5.91 Å². The molecule has 2 N–H and O–H groups in total. The molecule has 1 heterocycles. The van der Waals surface area contributed by atoms with Crippen LogP contribution in [0, 0.1) is 0 Å². The first-order chi connectivity index (χ1) is 14.0. The van der Waals surface area contributed by atoms with Gasteiger partial charge in [0.05, 0.1) is 5.41 Å². The van der Waals surface area contributed by atoms with Crippen LogP contribution in [0.1, 0.15) is 37.3 Å². The van der Waals surface area contributed by atoms with Crippen molar-refractivity contribution in [1.82, 2.24) is 14.3 Å². The third-order valence-electron chi connectivity index (χ3n) is 5.51. The summed E-state index contributed by atoms with van der Waals surface area (Å²) in [7, 11) is -3.51. The van der Waals surface area contributed by atoms with Crippen molar-refractivity contribution in [1.29, 1.82) is 0 Å². The highest BCUT2D eigenvalue weighted by Gasteiger charge is 2.44. The molecule has 1 amide bonds. The molecular weight excluding hydrogens is 386 g/mol. The van der Waals surface area contributed by atoms with E-state index in [1.165, 1.54) is 4.31 Å². The van der Waals surface area contributed by atoms with Crippen LogP contribution in [0.5, 0.6) is 0 Å². The summed E-state index contributed by atoms with van der Waals surface area (Å²) in [6.45, 7) is 3.42. The van der Waals surface area contributed by atoms with Gasteiger partial charge in [-0.05, 0) is 30.4 Å². The number of hydrogen-bond acceptors (Lipinski definition) is 3. The SMILES string of the molecule is CCCNS(=O)(=O)N1CCC(C(=O)NCc2ccccc2)(c2ccccc2)CC1. The highest BCUT2D eigenvalue weighted by atomic mass is 32.2. The fourth-order valence-electron chi connectivity index (χ4n) is 3.78. The topological polar surface area (TPSA) is 78.5 Å². The summed E-state index contributed by atoms with van der Waals surface area (Å²) in [4.78, 5) is 13.3. The first-order valence-corrected chi connectivity index (χ1v) is 11.5. The molecule has 7 heteroatoms. The Balaban J connectivity index is 1.77. The molecule has 0 aromatic heterocycles. The van der Waals surface area contributed by atoms with E-state index in [2.05, 4.69) is 10.0 Å². The van der Waals surface area contributed by atoms with Crippen molar-refractivity contribution in [2.24, 2.45) is 0 Å². The van der Waals surface area contributed by atoms with Gasteiger partial charge < -0.3 is 5.32 Å². The Morgan fingerprint density at radius 2 is 1.59 bits per heavy atom. The maximum absolute atomic E-state index is 13.3. The van der Waals surface area contributed by atoms with Crippen molar-refractivity contribution in [3.63, 3.8) is 0 Å². The van der Waals surface area contributed by atoms with E-state index in [1.54, 1.807) is 0 Å². The molecule has 156 valence electrons. The molecule has 0 atom stereocenters. The van der Waals surface area contributed by atoms with Crippen LogP contribution >= 0.6 is 0 Å². The zero-order chi connectivity index (χ0) is 20.7. The van der Waals surface area contributed by atoms with Gasteiger partial charge in [0, 0.05) is 26.2 Å². The molecule has 1 aliphatic heterocycles. The van der Waals surface area contributed by atoms with Crippen molar-refractivity contribution < 1.29 is 13.2 Å². The minimum atomic E-state index is -3.51. The molecule has 1 fully saturated rings. The minimum absolute atomic E-state index is 0.0499. The molecule has 0 saturated carbocycles. The second kappa shape index (κ2) is 9.52. The summed E-state index contributed by atoms with van der Waals surface area (Å²) in [5.41, 5.74) is 1.24. The van der Waals surface area contributed by atoms with E-state index < -0.39 is 15.6 Å². The molecule has 0 bridgehead atoms. The van der Waals surface area contributed by atoms with Crippen LogP contribution in [0.2, 0.25) is 0 Å². The number of carbonyl (C=O) groups is 1. The van der Waals surface area contributed by atoms with Gasteiger partial charge in [-0.3, -0.25) is 4.79 Å². The number of piperidine rings is 1. The fourth-order valence-corrected chi connectivity index (χ4v) is 5.09. The summed E-state index contributed by atoms with van der Waals surface area (Å²) in [6, 6.07) is 19.5. The first kappa shape index (κ1) is 21.5. The van der Waals surface area contributed by atoms with Crippen molar-refractivity contribution in [2.75, 3.05) is 19.6 Å². The number of hydrogen-bond donors (Lipinski definition) is 2. The highest BCUT2D eigenvalue weighted by molar-refractivity contribution is 7.87. The average molecular weight is 416 g/mol. The molecule has 0 unspecified atom stereocenters. The number of amides is 1. The van der Waals surface area contributed by atoms with Crippen LogP contribution in [-0.2, 0) is 27.0 Å². The van der Waals surface area contributed by atoms with Crippen molar-refractivity contribution in [2.45, 2.75) is 38.1 Å². The molecular formula is C22H29N3O3S. The Kier molecular flexibility index (Phi) is 7.05. The predicted molar refractivity (Wildman–Crippen MR) is 114 cm³/mol. The van der Waals surface area contributed by atoms with Gasteiger partial charge in [-0.15, -0.1) is 0 Å². The summed E-state index contributed by atoms with van der Waals surface area (Å²) in [5.74, 6) is -0.0499. The summed E-state index contributed by atoms with van der Waals surface area (Å²) < 4.78 is 29.0. The van der Waals surface area contributed by atoms with Crippen molar-refractivity contribution in [3.05, 3.63) is 71.8 Å². The van der Waals surface area contributed by atoms with Crippen molar-refractivity contribution in [3.8, 4) is 0 Å². The van der Waals surface area contributed by atoms with Crippen LogP contribution in [0.3, 0.4) is 0 Å². The maximum Gasteiger partial charge on any atom is 0.279 e. The zero-order valence-electron chi connectivity index (χ0n) is 16.8. The molecule has 1 saturated heterocycles. The number of nitrogens with zero attached hydrogens (tertiary/aromatic N) is 1. The molecule has 0 spiro atoms. The second-order valence-electron chi connectivity index (χ2n) is 7.41. The van der Waals surface area contributed by atoms with Gasteiger partial charge in [0.25, 0.3) is 10.2 Å². The molecule has 6 nitrogen and oxygen atoms in total. The largest absolute Gasteiger partial charge is 0.351 e. The normalized spacial score (nSPS) is 17.0. The number of nitrogens with one attached hydrogen (secondary N) is 2. The Bertz CT molecular complexity index is 893. The quantitative estimate of drug-likeness (QED) is 0.696. The van der Waals surface area contributed by atoms with Crippen LogP contribution in [-0.4, -0.2) is 38.3 Å². The van der Waals surface area contributed by atoms with E-state index in [0.29, 0.717) is 39.0 Å². The average Bonchev–Trinajstić information content (AvgIpc) is 2.77. The standard InChI is InChI=1S/C22H29N3O3S/c1-2-15-24-29(27,28)25-16-13-22(14-17-25,20-11-7-4-8-12-20)21(26)23-18-19-9-5-3-6-10-19/h3-12,24H,2,13-18H2,1H3,(H,23,26). The van der Waals surface area contributed by atoms with Crippen molar-refractivity contribution >= 4 is 16.1 Å². The smallest absolute Gasteiger partial charge is 0.279 e. The molecule has 29 heavy (non-hydrogen) atoms. The van der Waals surface area contributed by atoms with Gasteiger partial charge in [0.1, 0.15) is 0 Å². The second-order valence-corrected chi connectivity index (χ2v) is 9.17. The van der Waals surface area contributed by atoms with Gasteiger partial charge in [-0.2, -0.15) is 12.7 Å². The summed E-state index contributed by atoms with van der Waals surface area (Å²) in [5, 5.41) is 3.07. The van der Waals surface area contributed by atoms with E-state index in [4.69, 9.17) is 0 Å².